The van der Waals surface area contributed by atoms with Gasteiger partial charge in [0.2, 0.25) is 5.91 Å². The number of hydrogen-bond acceptors (Lipinski definition) is 4. The average molecular weight is 274 g/mol. The van der Waals surface area contributed by atoms with Crippen LogP contribution in [0, 0.1) is 5.82 Å². The van der Waals surface area contributed by atoms with Crippen molar-refractivity contribution in [1.82, 2.24) is 0 Å². The van der Waals surface area contributed by atoms with Crippen molar-refractivity contribution in [3.05, 3.63) is 24.0 Å². The van der Waals surface area contributed by atoms with Crippen molar-refractivity contribution >= 4 is 27.1 Å². The van der Waals surface area contributed by atoms with Gasteiger partial charge in [0.25, 0.3) is 0 Å². The molecule has 0 aromatic heterocycles. The molecule has 0 spiro atoms. The van der Waals surface area contributed by atoms with E-state index in [1.54, 1.807) is 0 Å². The summed E-state index contributed by atoms with van der Waals surface area (Å²) < 4.78 is 35.8. The van der Waals surface area contributed by atoms with E-state index in [1.807, 2.05) is 0 Å². The molecule has 0 unspecified atom stereocenters. The third-order valence-electron chi connectivity index (χ3n) is 2.34. The molecule has 0 atom stereocenters. The van der Waals surface area contributed by atoms with Crippen molar-refractivity contribution in [1.29, 1.82) is 0 Å². The Balaban J connectivity index is 2.77. The minimum Gasteiger partial charge on any atom is -0.397 e. The monoisotopic (exact) mass is 274 g/mol. The highest BCUT2D eigenvalue weighted by atomic mass is 32.2. The summed E-state index contributed by atoms with van der Waals surface area (Å²) >= 11 is 0. The number of carbonyl (C=O) groups excluding carboxylic acids is 1. The number of nitrogens with two attached hydrogens (primary N) is 1. The molecule has 0 aliphatic heterocycles. The van der Waals surface area contributed by atoms with Gasteiger partial charge >= 0.3 is 0 Å². The second kappa shape index (κ2) is 5.34. The lowest BCUT2D eigenvalue weighted by Gasteiger charge is -2.10. The molecule has 0 saturated heterocycles. The summed E-state index contributed by atoms with van der Waals surface area (Å²) in [6.07, 6.45) is 0. The maximum absolute atomic E-state index is 12.8. The van der Waals surface area contributed by atoms with Crippen LogP contribution in [0.1, 0.15) is 13.8 Å². The summed E-state index contributed by atoms with van der Waals surface area (Å²) in [5, 5.41) is 1.71. The molecule has 3 N–H and O–H groups in total. The zero-order chi connectivity index (χ0) is 13.9. The van der Waals surface area contributed by atoms with Crippen LogP contribution in [0.4, 0.5) is 15.8 Å². The summed E-state index contributed by atoms with van der Waals surface area (Å²) in [5.41, 5.74) is 5.73. The molecule has 0 fully saturated rings. The normalized spacial score (nSPS) is 11.6. The molecule has 1 rings (SSSR count). The maximum atomic E-state index is 12.8. The van der Waals surface area contributed by atoms with Gasteiger partial charge in [-0.3, -0.25) is 4.79 Å². The smallest absolute Gasteiger partial charge is 0.239 e. The van der Waals surface area contributed by atoms with Crippen molar-refractivity contribution in [2.75, 3.05) is 16.8 Å². The Morgan fingerprint density at radius 1 is 1.44 bits per heavy atom. The predicted molar refractivity (Wildman–Crippen MR) is 68.4 cm³/mol. The van der Waals surface area contributed by atoms with Gasteiger partial charge in [-0.2, -0.15) is 0 Å². The van der Waals surface area contributed by atoms with Crippen LogP contribution in [0.25, 0.3) is 0 Å². The van der Waals surface area contributed by atoms with E-state index in [4.69, 9.17) is 5.73 Å². The molecule has 5 nitrogen and oxygen atoms in total. The Morgan fingerprint density at radius 3 is 2.56 bits per heavy atom. The first-order valence-corrected chi connectivity index (χ1v) is 7.00. The third-order valence-corrected chi connectivity index (χ3v) is 4.44. The third kappa shape index (κ3) is 3.69. The summed E-state index contributed by atoms with van der Waals surface area (Å²) in [4.78, 5) is 11.5. The number of rotatable bonds is 4. The maximum Gasteiger partial charge on any atom is 0.239 e. The topological polar surface area (TPSA) is 89.3 Å². The van der Waals surface area contributed by atoms with Crippen molar-refractivity contribution < 1.29 is 17.6 Å². The number of nitrogens with one attached hydrogen (secondary N) is 1. The molecule has 18 heavy (non-hydrogen) atoms. The van der Waals surface area contributed by atoms with E-state index in [9.17, 15) is 17.6 Å². The number of benzene rings is 1. The van der Waals surface area contributed by atoms with Crippen molar-refractivity contribution in [2.45, 2.75) is 19.1 Å². The van der Waals surface area contributed by atoms with E-state index >= 15 is 0 Å². The first-order valence-electron chi connectivity index (χ1n) is 5.29. The Morgan fingerprint density at radius 2 is 2.06 bits per heavy atom. The second-order valence-electron chi connectivity index (χ2n) is 4.14. The van der Waals surface area contributed by atoms with E-state index in [-0.39, 0.29) is 11.4 Å². The summed E-state index contributed by atoms with van der Waals surface area (Å²) in [5.74, 6) is -1.84. The SMILES string of the molecule is CC(C)S(=O)(=O)CC(=O)Nc1ccc(F)cc1N. The number of nitrogen functional groups attached to an aromatic ring is 1. The first kappa shape index (κ1) is 14.4. The fourth-order valence-corrected chi connectivity index (χ4v) is 1.95. The Kier molecular flexibility index (Phi) is 4.28. The van der Waals surface area contributed by atoms with Crippen molar-refractivity contribution in [3.8, 4) is 0 Å². The van der Waals surface area contributed by atoms with Gasteiger partial charge in [0.05, 0.1) is 16.6 Å². The first-order chi connectivity index (χ1) is 8.22. The molecule has 1 amide bonds. The highest BCUT2D eigenvalue weighted by Crippen LogP contribution is 2.19. The molecular weight excluding hydrogens is 259 g/mol. The molecule has 0 aliphatic carbocycles. The van der Waals surface area contributed by atoms with Crippen LogP contribution in [0.2, 0.25) is 0 Å². The zero-order valence-corrected chi connectivity index (χ0v) is 10.9. The molecule has 0 aliphatic rings. The van der Waals surface area contributed by atoms with Gasteiger partial charge in [-0.15, -0.1) is 0 Å². The minimum atomic E-state index is -3.47. The molecule has 1 aromatic rings. The highest BCUT2D eigenvalue weighted by molar-refractivity contribution is 7.92. The predicted octanol–water partition coefficient (Wildman–Crippen LogP) is 1.17. The lowest BCUT2D eigenvalue weighted by atomic mass is 10.2. The fraction of sp³-hybridized carbons (Fsp3) is 0.364. The van der Waals surface area contributed by atoms with Gasteiger partial charge in [0.1, 0.15) is 11.6 Å². The van der Waals surface area contributed by atoms with Crippen LogP contribution < -0.4 is 11.1 Å². The molecule has 0 saturated carbocycles. The standard InChI is InChI=1S/C11H15FN2O3S/c1-7(2)18(16,17)6-11(15)14-10-4-3-8(12)5-9(10)13/h3-5,7H,6,13H2,1-2H3,(H,14,15). The number of amides is 1. The van der Waals surface area contributed by atoms with E-state index in [2.05, 4.69) is 5.32 Å². The molecule has 100 valence electrons. The zero-order valence-electron chi connectivity index (χ0n) is 10.1. The van der Waals surface area contributed by atoms with Crippen LogP contribution in [0.5, 0.6) is 0 Å². The minimum absolute atomic E-state index is 0.0466. The van der Waals surface area contributed by atoms with Crippen LogP contribution in [0.3, 0.4) is 0 Å². The van der Waals surface area contributed by atoms with Gasteiger partial charge in [-0.1, -0.05) is 0 Å². The van der Waals surface area contributed by atoms with Gasteiger partial charge in [0, 0.05) is 0 Å². The second-order valence-corrected chi connectivity index (χ2v) is 6.69. The molecule has 0 bridgehead atoms. The summed E-state index contributed by atoms with van der Waals surface area (Å²) in [6, 6.07) is 3.46. The number of halogens is 1. The summed E-state index contributed by atoms with van der Waals surface area (Å²) in [7, 11) is -3.47. The van der Waals surface area contributed by atoms with Crippen LogP contribution in [0.15, 0.2) is 18.2 Å². The lowest BCUT2D eigenvalue weighted by molar-refractivity contribution is -0.113. The molecule has 7 heteroatoms. The largest absolute Gasteiger partial charge is 0.397 e. The fourth-order valence-electron chi connectivity index (χ4n) is 1.18. The Labute approximate surface area is 105 Å². The Bertz CT molecular complexity index is 555. The average Bonchev–Trinajstić information content (AvgIpc) is 2.21. The number of sulfone groups is 1. The van der Waals surface area contributed by atoms with Gasteiger partial charge in [-0.05, 0) is 32.0 Å². The highest BCUT2D eigenvalue weighted by Gasteiger charge is 2.21. The van der Waals surface area contributed by atoms with E-state index in [0.717, 1.165) is 12.1 Å². The molecule has 1 aromatic carbocycles. The van der Waals surface area contributed by atoms with Crippen molar-refractivity contribution in [3.63, 3.8) is 0 Å². The van der Waals surface area contributed by atoms with Crippen LogP contribution in [-0.4, -0.2) is 25.3 Å². The Hall–Kier alpha value is -1.63. The van der Waals surface area contributed by atoms with E-state index < -0.39 is 32.6 Å². The summed E-state index contributed by atoms with van der Waals surface area (Å²) in [6.45, 7) is 2.99. The molecular formula is C11H15FN2O3S. The molecule has 0 radical (unpaired) electrons. The lowest BCUT2D eigenvalue weighted by Crippen LogP contribution is -2.28. The molecule has 0 heterocycles. The van der Waals surface area contributed by atoms with E-state index in [1.165, 1.54) is 19.9 Å². The van der Waals surface area contributed by atoms with Gasteiger partial charge < -0.3 is 11.1 Å². The number of anilines is 2. The van der Waals surface area contributed by atoms with Crippen molar-refractivity contribution in [2.24, 2.45) is 0 Å². The quantitative estimate of drug-likeness (QED) is 0.806. The van der Waals surface area contributed by atoms with Crippen LogP contribution >= 0.6 is 0 Å². The van der Waals surface area contributed by atoms with Crippen LogP contribution in [-0.2, 0) is 14.6 Å². The van der Waals surface area contributed by atoms with Gasteiger partial charge in [0.15, 0.2) is 9.84 Å². The van der Waals surface area contributed by atoms with Gasteiger partial charge in [-0.25, -0.2) is 12.8 Å². The number of hydrogen-bond donors (Lipinski definition) is 2. The number of carbonyl (C=O) groups is 1. The van der Waals surface area contributed by atoms with E-state index in [0.29, 0.717) is 0 Å².